The number of halogens is 3. The van der Waals surface area contributed by atoms with Crippen molar-refractivity contribution in [2.45, 2.75) is 65.1 Å². The molecule has 0 saturated carbocycles. The number of pyridine rings is 1. The molecule has 0 spiro atoms. The Morgan fingerprint density at radius 3 is 2.46 bits per heavy atom. The number of primary amides is 1. The quantitative estimate of drug-likeness (QED) is 0.619. The predicted molar refractivity (Wildman–Crippen MR) is 124 cm³/mol. The van der Waals surface area contributed by atoms with Gasteiger partial charge in [-0.2, -0.15) is 0 Å². The molecule has 0 radical (unpaired) electrons. The van der Waals surface area contributed by atoms with E-state index in [1.54, 1.807) is 39.8 Å². The third-order valence-electron chi connectivity index (χ3n) is 5.29. The molecular weight excluding hydrogens is 463 g/mol. The number of benzene rings is 1. The smallest absolute Gasteiger partial charge is 0.410 e. The molecule has 1 atom stereocenters. The number of aromatic nitrogens is 1. The van der Waals surface area contributed by atoms with E-state index in [9.17, 15) is 22.8 Å². The fourth-order valence-corrected chi connectivity index (χ4v) is 3.85. The summed E-state index contributed by atoms with van der Waals surface area (Å²) in [5, 5.41) is 0. The van der Waals surface area contributed by atoms with E-state index in [4.69, 9.17) is 15.2 Å². The summed E-state index contributed by atoms with van der Waals surface area (Å²) in [5.41, 5.74) is 6.43. The lowest BCUT2D eigenvalue weighted by Crippen LogP contribution is -2.47. The van der Waals surface area contributed by atoms with E-state index < -0.39 is 42.0 Å². The van der Waals surface area contributed by atoms with Crippen LogP contribution in [0.4, 0.5) is 18.0 Å². The van der Waals surface area contributed by atoms with E-state index >= 15 is 0 Å². The zero-order valence-electron chi connectivity index (χ0n) is 20.5. The van der Waals surface area contributed by atoms with Crippen LogP contribution in [0.3, 0.4) is 0 Å². The van der Waals surface area contributed by atoms with Gasteiger partial charge in [-0.3, -0.25) is 9.69 Å². The van der Waals surface area contributed by atoms with Crippen LogP contribution < -0.4 is 10.5 Å². The molecule has 190 valence electrons. The number of alkyl halides is 2. The first-order chi connectivity index (χ1) is 16.1. The molecule has 1 aromatic carbocycles. The van der Waals surface area contributed by atoms with E-state index in [1.165, 1.54) is 12.1 Å². The van der Waals surface area contributed by atoms with Gasteiger partial charge in [-0.1, -0.05) is 12.1 Å². The molecular formula is C25H30F3N3O4. The molecule has 2 N–H and O–H groups in total. The Kier molecular flexibility index (Phi) is 7.33. The van der Waals surface area contributed by atoms with Crippen molar-refractivity contribution in [3.05, 3.63) is 46.9 Å². The Morgan fingerprint density at radius 2 is 1.89 bits per heavy atom. The molecule has 35 heavy (non-hydrogen) atoms. The van der Waals surface area contributed by atoms with Gasteiger partial charge in [0.15, 0.2) is 0 Å². The van der Waals surface area contributed by atoms with Crippen LogP contribution in [-0.4, -0.2) is 52.6 Å². The van der Waals surface area contributed by atoms with Crippen LogP contribution in [0.15, 0.2) is 24.3 Å². The van der Waals surface area contributed by atoms with E-state index in [0.717, 1.165) is 10.5 Å². The second kappa shape index (κ2) is 9.75. The summed E-state index contributed by atoms with van der Waals surface area (Å²) in [6.45, 7) is 6.35. The van der Waals surface area contributed by atoms with E-state index in [1.807, 2.05) is 0 Å². The first kappa shape index (κ1) is 26.3. The molecule has 1 aliphatic rings. The van der Waals surface area contributed by atoms with Crippen molar-refractivity contribution in [3.8, 4) is 17.0 Å². The van der Waals surface area contributed by atoms with Crippen molar-refractivity contribution in [2.24, 2.45) is 5.73 Å². The number of rotatable bonds is 6. The minimum atomic E-state index is -3.16. The fourth-order valence-electron chi connectivity index (χ4n) is 3.85. The van der Waals surface area contributed by atoms with Crippen LogP contribution in [-0.2, 0) is 11.2 Å². The van der Waals surface area contributed by atoms with Crippen molar-refractivity contribution >= 4 is 12.0 Å². The number of ether oxygens (including phenoxy) is 2. The van der Waals surface area contributed by atoms with Gasteiger partial charge in [0.25, 0.3) is 11.8 Å². The highest BCUT2D eigenvalue weighted by Crippen LogP contribution is 2.37. The molecule has 1 aliphatic heterocycles. The number of carbonyl (C=O) groups excluding carboxylic acids is 2. The molecule has 1 aromatic heterocycles. The van der Waals surface area contributed by atoms with Crippen molar-refractivity contribution < 1.29 is 32.2 Å². The highest BCUT2D eigenvalue weighted by molar-refractivity contribution is 5.93. The summed E-state index contributed by atoms with van der Waals surface area (Å²) in [5.74, 6) is -4.40. The second-order valence-electron chi connectivity index (χ2n) is 9.90. The van der Waals surface area contributed by atoms with E-state index in [0.29, 0.717) is 30.9 Å². The number of aryl methyl sites for hydroxylation is 1. The molecule has 7 nitrogen and oxygen atoms in total. The Morgan fingerprint density at radius 1 is 1.20 bits per heavy atom. The maximum Gasteiger partial charge on any atom is 0.410 e. The van der Waals surface area contributed by atoms with Crippen molar-refractivity contribution in [1.29, 1.82) is 0 Å². The highest BCUT2D eigenvalue weighted by atomic mass is 19.3. The minimum absolute atomic E-state index is 0.0555. The van der Waals surface area contributed by atoms with Gasteiger partial charge in [-0.25, -0.2) is 22.9 Å². The predicted octanol–water partition coefficient (Wildman–Crippen LogP) is 4.88. The zero-order valence-corrected chi connectivity index (χ0v) is 20.5. The lowest BCUT2D eigenvalue weighted by Gasteiger charge is -2.34. The van der Waals surface area contributed by atoms with Crippen LogP contribution in [0.5, 0.6) is 5.88 Å². The summed E-state index contributed by atoms with van der Waals surface area (Å²) < 4.78 is 53.6. The van der Waals surface area contributed by atoms with Gasteiger partial charge in [0, 0.05) is 18.1 Å². The first-order valence-corrected chi connectivity index (χ1v) is 11.3. The number of nitrogens with two attached hydrogens (primary N) is 1. The van der Waals surface area contributed by atoms with Gasteiger partial charge in [-0.05, 0) is 63.8 Å². The van der Waals surface area contributed by atoms with Gasteiger partial charge in [-0.15, -0.1) is 0 Å². The average Bonchev–Trinajstić information content (AvgIpc) is 2.70. The van der Waals surface area contributed by atoms with Gasteiger partial charge in [0.05, 0.1) is 13.1 Å². The third kappa shape index (κ3) is 6.86. The monoisotopic (exact) mass is 493 g/mol. The number of amides is 2. The van der Waals surface area contributed by atoms with Crippen LogP contribution in [0.2, 0.25) is 0 Å². The highest BCUT2D eigenvalue weighted by Gasteiger charge is 2.35. The van der Waals surface area contributed by atoms with Crippen molar-refractivity contribution in [3.63, 3.8) is 0 Å². The number of carbonyl (C=O) groups is 2. The second-order valence-corrected chi connectivity index (χ2v) is 9.90. The van der Waals surface area contributed by atoms with E-state index in [-0.39, 0.29) is 23.7 Å². The minimum Gasteiger partial charge on any atom is -0.472 e. The topological polar surface area (TPSA) is 94.8 Å². The molecule has 2 aromatic rings. The Balaban J connectivity index is 1.93. The van der Waals surface area contributed by atoms with Gasteiger partial charge < -0.3 is 15.2 Å². The number of fused-ring (bicyclic) bond motifs is 1. The normalized spacial score (nSPS) is 15.7. The Labute approximate surface area is 202 Å². The van der Waals surface area contributed by atoms with Gasteiger partial charge in [0.1, 0.15) is 23.2 Å². The van der Waals surface area contributed by atoms with Gasteiger partial charge >= 0.3 is 6.09 Å². The summed E-state index contributed by atoms with van der Waals surface area (Å²) in [6, 6.07) is 6.14. The number of nitrogens with zero attached hydrogens (tertiary/aromatic N) is 2. The molecule has 0 fully saturated rings. The molecule has 0 saturated heterocycles. The van der Waals surface area contributed by atoms with Crippen molar-refractivity contribution in [2.75, 3.05) is 13.1 Å². The van der Waals surface area contributed by atoms with Crippen LogP contribution in [0.1, 0.15) is 55.7 Å². The van der Waals surface area contributed by atoms with Crippen LogP contribution in [0.25, 0.3) is 11.1 Å². The Hall–Kier alpha value is -3.30. The molecule has 0 aliphatic carbocycles. The lowest BCUT2D eigenvalue weighted by atomic mass is 9.93. The molecule has 2 heterocycles. The van der Waals surface area contributed by atoms with Crippen molar-refractivity contribution in [1.82, 2.24) is 9.88 Å². The number of hydrogen-bond acceptors (Lipinski definition) is 5. The molecule has 1 unspecified atom stereocenters. The first-order valence-electron chi connectivity index (χ1n) is 11.3. The lowest BCUT2D eigenvalue weighted by molar-refractivity contribution is -0.0382. The molecule has 2 amide bonds. The number of hydrogen-bond donors (Lipinski definition) is 1. The molecule has 3 rings (SSSR count). The summed E-state index contributed by atoms with van der Waals surface area (Å²) in [7, 11) is 0. The SMILES string of the molecule is Cc1ccc(-c2cc(C(N)=O)nc3c2CCC(CN(CC(C)(F)F)C(=O)OC(C)(C)C)O3)c(F)c1. The Bertz CT molecular complexity index is 1130. The van der Waals surface area contributed by atoms with E-state index in [2.05, 4.69) is 4.98 Å². The third-order valence-corrected chi connectivity index (χ3v) is 5.29. The van der Waals surface area contributed by atoms with Crippen LogP contribution in [0, 0.1) is 12.7 Å². The van der Waals surface area contributed by atoms with Crippen LogP contribution >= 0.6 is 0 Å². The largest absolute Gasteiger partial charge is 0.472 e. The zero-order chi connectivity index (χ0) is 26.1. The van der Waals surface area contributed by atoms with Gasteiger partial charge in [0.2, 0.25) is 5.88 Å². The average molecular weight is 494 g/mol. The summed E-state index contributed by atoms with van der Waals surface area (Å²) in [6.07, 6.45) is -0.891. The fraction of sp³-hybridized carbons (Fsp3) is 0.480. The maximum absolute atomic E-state index is 14.8. The summed E-state index contributed by atoms with van der Waals surface area (Å²) in [4.78, 5) is 29.6. The molecule has 10 heteroatoms. The standard InChI is InChI=1S/C25H30F3N3O4/c1-14-6-8-16(19(26)10-14)18-11-20(21(29)32)30-22-17(18)9-7-15(34-22)12-31(13-25(5,27)28)23(33)35-24(2,3)4/h6,8,10-11,15H,7,9,12-13H2,1-5H3,(H2,29,32). The summed E-state index contributed by atoms with van der Waals surface area (Å²) >= 11 is 0. The maximum atomic E-state index is 14.8. The molecule has 0 bridgehead atoms.